The first kappa shape index (κ1) is 24.2. The molecule has 33 heavy (non-hydrogen) atoms. The predicted octanol–water partition coefficient (Wildman–Crippen LogP) is 4.07. The van der Waals surface area contributed by atoms with Crippen LogP contribution in [0.25, 0.3) is 5.76 Å². The fraction of sp³-hybridized carbons (Fsp3) is 0.308. The van der Waals surface area contributed by atoms with Crippen molar-refractivity contribution in [2.45, 2.75) is 19.4 Å². The van der Waals surface area contributed by atoms with E-state index in [0.717, 1.165) is 0 Å². The Balaban J connectivity index is 2.10. The molecule has 174 valence electrons. The van der Waals surface area contributed by atoms with Crippen molar-refractivity contribution < 1.29 is 23.8 Å². The fourth-order valence-corrected chi connectivity index (χ4v) is 3.98. The highest BCUT2D eigenvalue weighted by Crippen LogP contribution is 2.41. The molecule has 1 amide bonds. The first-order chi connectivity index (χ1) is 15.8. The van der Waals surface area contributed by atoms with E-state index in [4.69, 9.17) is 4.74 Å². The zero-order valence-electron chi connectivity index (χ0n) is 19.2. The molecule has 0 saturated carbocycles. The van der Waals surface area contributed by atoms with Crippen molar-refractivity contribution in [3.8, 4) is 5.75 Å². The first-order valence-electron chi connectivity index (χ1n) is 10.8. The SMILES string of the molecule is C=CCOc1ccc(C(O)=C2C(=O)C(=O)N(CCCN(C)C)[C@H]2c2ccccc2F)c(C)c1. The Morgan fingerprint density at radius 2 is 1.97 bits per heavy atom. The Labute approximate surface area is 193 Å². The summed E-state index contributed by atoms with van der Waals surface area (Å²) in [5.41, 5.74) is 1.10. The number of aliphatic hydroxyl groups is 1. The number of nitrogens with zero attached hydrogens (tertiary/aromatic N) is 2. The van der Waals surface area contributed by atoms with Crippen molar-refractivity contribution >= 4 is 17.4 Å². The topological polar surface area (TPSA) is 70.1 Å². The minimum Gasteiger partial charge on any atom is -0.507 e. The number of amides is 1. The van der Waals surface area contributed by atoms with E-state index >= 15 is 0 Å². The van der Waals surface area contributed by atoms with Crippen LogP contribution < -0.4 is 4.74 Å². The van der Waals surface area contributed by atoms with Crippen LogP contribution >= 0.6 is 0 Å². The van der Waals surface area contributed by atoms with Gasteiger partial charge in [-0.3, -0.25) is 9.59 Å². The van der Waals surface area contributed by atoms with Gasteiger partial charge in [-0.05, 0) is 63.8 Å². The summed E-state index contributed by atoms with van der Waals surface area (Å²) in [6, 6.07) is 10.0. The van der Waals surface area contributed by atoms with Gasteiger partial charge in [0.05, 0.1) is 11.6 Å². The molecule has 0 aromatic heterocycles. The number of benzene rings is 2. The Hall–Kier alpha value is -3.45. The van der Waals surface area contributed by atoms with E-state index in [2.05, 4.69) is 6.58 Å². The van der Waals surface area contributed by atoms with E-state index in [1.54, 1.807) is 43.3 Å². The van der Waals surface area contributed by atoms with Gasteiger partial charge < -0.3 is 19.6 Å². The van der Waals surface area contributed by atoms with E-state index in [1.807, 2.05) is 19.0 Å². The lowest BCUT2D eigenvalue weighted by Gasteiger charge is -2.26. The third-order valence-corrected chi connectivity index (χ3v) is 5.56. The summed E-state index contributed by atoms with van der Waals surface area (Å²) in [5.74, 6) is -1.86. The molecule has 6 nitrogen and oxygen atoms in total. The molecular weight excluding hydrogens is 423 g/mol. The second-order valence-corrected chi connectivity index (χ2v) is 8.25. The minimum atomic E-state index is -1.01. The number of likely N-dealkylation sites (tertiary alicyclic amines) is 1. The normalized spacial score (nSPS) is 17.6. The number of hydrogen-bond acceptors (Lipinski definition) is 5. The lowest BCUT2D eigenvalue weighted by atomic mass is 9.93. The molecule has 0 radical (unpaired) electrons. The molecule has 3 rings (SSSR count). The molecule has 1 N–H and O–H groups in total. The fourth-order valence-electron chi connectivity index (χ4n) is 3.98. The molecule has 1 saturated heterocycles. The first-order valence-corrected chi connectivity index (χ1v) is 10.8. The van der Waals surface area contributed by atoms with Crippen LogP contribution in [0.1, 0.15) is 29.2 Å². The largest absolute Gasteiger partial charge is 0.507 e. The van der Waals surface area contributed by atoms with Gasteiger partial charge >= 0.3 is 0 Å². The molecule has 1 atom stereocenters. The quantitative estimate of drug-likeness (QED) is 0.269. The van der Waals surface area contributed by atoms with Crippen molar-refractivity contribution in [3.63, 3.8) is 0 Å². The van der Waals surface area contributed by atoms with Gasteiger partial charge in [-0.25, -0.2) is 4.39 Å². The highest BCUT2D eigenvalue weighted by molar-refractivity contribution is 6.46. The second-order valence-electron chi connectivity index (χ2n) is 8.25. The van der Waals surface area contributed by atoms with Gasteiger partial charge in [0.1, 0.15) is 23.9 Å². The summed E-state index contributed by atoms with van der Waals surface area (Å²) in [4.78, 5) is 29.3. The highest BCUT2D eigenvalue weighted by atomic mass is 19.1. The molecule has 0 spiro atoms. The van der Waals surface area contributed by atoms with Gasteiger partial charge in [-0.15, -0.1) is 0 Å². The van der Waals surface area contributed by atoms with Crippen molar-refractivity contribution in [1.29, 1.82) is 0 Å². The number of aliphatic hydroxyl groups excluding tert-OH is 1. The molecule has 1 fully saturated rings. The van der Waals surface area contributed by atoms with E-state index in [-0.39, 0.29) is 23.4 Å². The van der Waals surface area contributed by atoms with Gasteiger partial charge in [0.25, 0.3) is 11.7 Å². The molecule has 0 aliphatic carbocycles. The molecule has 1 aliphatic heterocycles. The van der Waals surface area contributed by atoms with E-state index in [9.17, 15) is 19.1 Å². The number of halogens is 1. The third-order valence-electron chi connectivity index (χ3n) is 5.56. The Morgan fingerprint density at radius 1 is 1.24 bits per heavy atom. The average molecular weight is 453 g/mol. The number of ether oxygens (including phenoxy) is 1. The molecule has 2 aromatic rings. The summed E-state index contributed by atoms with van der Waals surface area (Å²) < 4.78 is 20.3. The maximum Gasteiger partial charge on any atom is 0.295 e. The van der Waals surface area contributed by atoms with Crippen molar-refractivity contribution in [2.24, 2.45) is 0 Å². The zero-order valence-corrected chi connectivity index (χ0v) is 19.2. The lowest BCUT2D eigenvalue weighted by molar-refractivity contribution is -0.140. The Morgan fingerprint density at radius 3 is 2.61 bits per heavy atom. The number of Topliss-reactive ketones (excluding diaryl/α,β-unsaturated/α-hetero) is 1. The second kappa shape index (κ2) is 10.4. The number of aryl methyl sites for hydroxylation is 1. The molecule has 0 unspecified atom stereocenters. The van der Waals surface area contributed by atoms with Crippen molar-refractivity contribution in [1.82, 2.24) is 9.80 Å². The van der Waals surface area contributed by atoms with E-state index in [0.29, 0.717) is 36.4 Å². The number of carbonyl (C=O) groups excluding carboxylic acids is 2. The average Bonchev–Trinajstić information content (AvgIpc) is 3.02. The zero-order chi connectivity index (χ0) is 24.1. The van der Waals surface area contributed by atoms with Crippen LogP contribution in [0.2, 0.25) is 0 Å². The maximum absolute atomic E-state index is 14.8. The smallest absolute Gasteiger partial charge is 0.295 e. The monoisotopic (exact) mass is 452 g/mol. The van der Waals surface area contributed by atoms with Gasteiger partial charge in [0, 0.05) is 17.7 Å². The Kier molecular flexibility index (Phi) is 7.66. The number of ketones is 1. The summed E-state index contributed by atoms with van der Waals surface area (Å²) in [7, 11) is 3.82. The van der Waals surface area contributed by atoms with Crippen LogP contribution in [0.5, 0.6) is 5.75 Å². The molecule has 1 heterocycles. The minimum absolute atomic E-state index is 0.113. The molecule has 0 bridgehead atoms. The van der Waals surface area contributed by atoms with Crippen LogP contribution in [0.15, 0.2) is 60.7 Å². The number of hydrogen-bond donors (Lipinski definition) is 1. The highest BCUT2D eigenvalue weighted by Gasteiger charge is 2.46. The van der Waals surface area contributed by atoms with Gasteiger partial charge in [-0.1, -0.05) is 30.9 Å². The maximum atomic E-state index is 14.8. The van der Waals surface area contributed by atoms with Gasteiger partial charge in [0.2, 0.25) is 0 Å². The van der Waals surface area contributed by atoms with Crippen LogP contribution in [-0.4, -0.2) is 60.4 Å². The standard InChI is InChI=1S/C26H29FN2O4/c1-5-15-33-18-11-12-19(17(2)16-18)24(30)22-23(20-9-6-7-10-21(20)27)29(26(32)25(22)31)14-8-13-28(3)4/h5-7,9-12,16,23,30H,1,8,13-15H2,2-4H3/t23-/m0/s1. The summed E-state index contributed by atoms with van der Waals surface area (Å²) >= 11 is 0. The van der Waals surface area contributed by atoms with E-state index in [1.165, 1.54) is 17.0 Å². The van der Waals surface area contributed by atoms with Gasteiger partial charge in [0.15, 0.2) is 0 Å². The Bertz CT molecular complexity index is 1090. The van der Waals surface area contributed by atoms with Crippen molar-refractivity contribution in [2.75, 3.05) is 33.8 Å². The molecule has 1 aliphatic rings. The summed E-state index contributed by atoms with van der Waals surface area (Å²) in [6.07, 6.45) is 2.22. The third kappa shape index (κ3) is 5.14. The van der Waals surface area contributed by atoms with Crippen LogP contribution in [0, 0.1) is 12.7 Å². The summed E-state index contributed by atoms with van der Waals surface area (Å²) in [5, 5.41) is 11.2. The van der Waals surface area contributed by atoms with Gasteiger partial charge in [-0.2, -0.15) is 0 Å². The van der Waals surface area contributed by atoms with Crippen LogP contribution in [-0.2, 0) is 9.59 Å². The number of carbonyl (C=O) groups is 2. The van der Waals surface area contributed by atoms with Crippen molar-refractivity contribution in [3.05, 3.63) is 83.2 Å². The number of rotatable bonds is 9. The molecule has 2 aromatic carbocycles. The predicted molar refractivity (Wildman–Crippen MR) is 125 cm³/mol. The van der Waals surface area contributed by atoms with Crippen LogP contribution in [0.3, 0.4) is 0 Å². The summed E-state index contributed by atoms with van der Waals surface area (Å²) in [6.45, 7) is 6.66. The molecular formula is C26H29FN2O4. The van der Waals surface area contributed by atoms with Crippen LogP contribution in [0.4, 0.5) is 4.39 Å². The molecule has 7 heteroatoms. The lowest BCUT2D eigenvalue weighted by Crippen LogP contribution is -2.32. The van der Waals surface area contributed by atoms with E-state index < -0.39 is 23.5 Å².